The zero-order valence-corrected chi connectivity index (χ0v) is 16.0. The van der Waals surface area contributed by atoms with Gasteiger partial charge in [-0.05, 0) is 46.8 Å². The van der Waals surface area contributed by atoms with Gasteiger partial charge < -0.3 is 5.11 Å². The highest BCUT2D eigenvalue weighted by Crippen LogP contribution is 2.40. The van der Waals surface area contributed by atoms with Crippen molar-refractivity contribution in [2.75, 3.05) is 5.88 Å². The molecule has 1 aromatic carbocycles. The van der Waals surface area contributed by atoms with Crippen molar-refractivity contribution in [1.29, 1.82) is 0 Å². The molecule has 0 saturated carbocycles. The van der Waals surface area contributed by atoms with Gasteiger partial charge in [0, 0.05) is 5.88 Å². The molecule has 0 fully saturated rings. The molecule has 0 aliphatic rings. The van der Waals surface area contributed by atoms with Crippen LogP contribution in [0.4, 0.5) is 0 Å². The van der Waals surface area contributed by atoms with Crippen molar-refractivity contribution < 1.29 is 5.11 Å². The fourth-order valence-electron chi connectivity index (χ4n) is 2.76. The molecule has 0 aliphatic carbocycles. The zero-order valence-electron chi connectivity index (χ0n) is 15.2. The van der Waals surface area contributed by atoms with Crippen molar-refractivity contribution in [1.82, 2.24) is 0 Å². The molecule has 0 radical (unpaired) electrons. The first-order valence-electron chi connectivity index (χ1n) is 8.50. The normalized spacial score (nSPS) is 12.7. The number of aryl methyl sites for hydroxylation is 1. The summed E-state index contributed by atoms with van der Waals surface area (Å²) in [6.45, 7) is 13.0. The third-order valence-corrected chi connectivity index (χ3v) is 4.40. The maximum Gasteiger partial charge on any atom is 0.123 e. The highest BCUT2D eigenvalue weighted by Gasteiger charge is 2.26. The topological polar surface area (TPSA) is 20.2 Å². The molecule has 0 aromatic heterocycles. The maximum absolute atomic E-state index is 10.7. The molecule has 0 bridgehead atoms. The average Bonchev–Trinajstić information content (AvgIpc) is 2.37. The Morgan fingerprint density at radius 3 is 1.68 bits per heavy atom. The molecule has 0 spiro atoms. The van der Waals surface area contributed by atoms with Gasteiger partial charge in [-0.3, -0.25) is 0 Å². The summed E-state index contributed by atoms with van der Waals surface area (Å²) in [6.07, 6.45) is 5.81. The number of phenolic OH excluding ortho intramolecular Hbond substituents is 1. The first kappa shape index (κ1) is 19.4. The van der Waals surface area contributed by atoms with E-state index in [1.165, 1.54) is 24.8 Å². The van der Waals surface area contributed by atoms with E-state index in [1.807, 2.05) is 0 Å². The van der Waals surface area contributed by atoms with Crippen LogP contribution >= 0.6 is 11.6 Å². The van der Waals surface area contributed by atoms with Gasteiger partial charge in [0.05, 0.1) is 0 Å². The molecule has 0 atom stereocenters. The van der Waals surface area contributed by atoms with Crippen LogP contribution in [0.2, 0.25) is 0 Å². The van der Waals surface area contributed by atoms with Gasteiger partial charge in [-0.2, -0.15) is 0 Å². The summed E-state index contributed by atoms with van der Waals surface area (Å²) < 4.78 is 0. The van der Waals surface area contributed by atoms with Crippen LogP contribution in [-0.4, -0.2) is 11.0 Å². The lowest BCUT2D eigenvalue weighted by atomic mass is 9.78. The second-order valence-corrected chi connectivity index (χ2v) is 8.77. The van der Waals surface area contributed by atoms with Crippen molar-refractivity contribution in [3.8, 4) is 5.75 Å². The van der Waals surface area contributed by atoms with E-state index in [0.717, 1.165) is 29.8 Å². The SMILES string of the molecule is CC(C)(C)c1cc(CCCCCCCl)cc(C(C)(C)C)c1O. The molecule has 0 saturated heterocycles. The number of halogens is 1. The Morgan fingerprint density at radius 1 is 0.818 bits per heavy atom. The lowest BCUT2D eigenvalue weighted by Crippen LogP contribution is -2.18. The van der Waals surface area contributed by atoms with E-state index in [-0.39, 0.29) is 10.8 Å². The molecule has 1 aromatic rings. The number of benzene rings is 1. The predicted octanol–water partition coefficient (Wildman–Crippen LogP) is 6.33. The second-order valence-electron chi connectivity index (χ2n) is 8.39. The third-order valence-electron chi connectivity index (χ3n) is 4.13. The van der Waals surface area contributed by atoms with Gasteiger partial charge in [0.1, 0.15) is 5.75 Å². The average molecular weight is 325 g/mol. The Labute approximate surface area is 142 Å². The first-order chi connectivity index (χ1) is 10.1. The first-order valence-corrected chi connectivity index (χ1v) is 9.03. The van der Waals surface area contributed by atoms with Crippen LogP contribution in [0.25, 0.3) is 0 Å². The summed E-state index contributed by atoms with van der Waals surface area (Å²) in [7, 11) is 0. The standard InChI is InChI=1S/C20H33ClO/c1-19(2,3)16-13-15(11-9-7-8-10-12-21)14-17(18(16)22)20(4,5)6/h13-14,22H,7-12H2,1-6H3. The molecule has 1 N–H and O–H groups in total. The van der Waals surface area contributed by atoms with Crippen LogP contribution in [0.5, 0.6) is 5.75 Å². The maximum atomic E-state index is 10.7. The number of hydrogen-bond donors (Lipinski definition) is 1. The fraction of sp³-hybridized carbons (Fsp3) is 0.700. The Hall–Kier alpha value is -0.690. The van der Waals surface area contributed by atoms with Crippen molar-refractivity contribution in [2.45, 2.75) is 84.5 Å². The third kappa shape index (κ3) is 5.50. The van der Waals surface area contributed by atoms with Crippen LogP contribution in [-0.2, 0) is 17.3 Å². The van der Waals surface area contributed by atoms with Crippen molar-refractivity contribution in [3.05, 3.63) is 28.8 Å². The van der Waals surface area contributed by atoms with Crippen LogP contribution in [0.1, 0.15) is 83.9 Å². The van der Waals surface area contributed by atoms with Crippen LogP contribution in [0.15, 0.2) is 12.1 Å². The zero-order chi connectivity index (χ0) is 17.0. The number of phenols is 1. The molecular formula is C20H33ClO. The number of alkyl halides is 1. The Bertz CT molecular complexity index is 442. The molecule has 126 valence electrons. The molecule has 0 unspecified atom stereocenters. The van der Waals surface area contributed by atoms with Gasteiger partial charge in [0.25, 0.3) is 0 Å². The second kappa shape index (κ2) is 7.73. The van der Waals surface area contributed by atoms with Crippen molar-refractivity contribution in [2.24, 2.45) is 0 Å². The number of aromatic hydroxyl groups is 1. The lowest BCUT2D eigenvalue weighted by molar-refractivity contribution is 0.422. The molecule has 22 heavy (non-hydrogen) atoms. The molecule has 0 heterocycles. The summed E-state index contributed by atoms with van der Waals surface area (Å²) in [5.74, 6) is 1.24. The largest absolute Gasteiger partial charge is 0.507 e. The van der Waals surface area contributed by atoms with Gasteiger partial charge in [-0.1, -0.05) is 66.5 Å². The Morgan fingerprint density at radius 2 is 1.27 bits per heavy atom. The lowest BCUT2D eigenvalue weighted by Gasteiger charge is -2.28. The number of unbranched alkanes of at least 4 members (excludes halogenated alkanes) is 3. The predicted molar refractivity (Wildman–Crippen MR) is 98.4 cm³/mol. The molecule has 1 rings (SSSR count). The van der Waals surface area contributed by atoms with Gasteiger partial charge >= 0.3 is 0 Å². The van der Waals surface area contributed by atoms with E-state index in [4.69, 9.17) is 11.6 Å². The summed E-state index contributed by atoms with van der Waals surface area (Å²) in [6, 6.07) is 4.40. The van der Waals surface area contributed by atoms with E-state index >= 15 is 0 Å². The number of rotatable bonds is 6. The van der Waals surface area contributed by atoms with Crippen molar-refractivity contribution >= 4 is 11.6 Å². The molecular weight excluding hydrogens is 292 g/mol. The molecule has 0 amide bonds. The van der Waals surface area contributed by atoms with Gasteiger partial charge in [-0.15, -0.1) is 11.6 Å². The van der Waals surface area contributed by atoms with Crippen LogP contribution in [0, 0.1) is 0 Å². The summed E-state index contributed by atoms with van der Waals surface area (Å²) in [5.41, 5.74) is 3.39. The highest BCUT2D eigenvalue weighted by molar-refractivity contribution is 6.17. The summed E-state index contributed by atoms with van der Waals surface area (Å²) in [5, 5.41) is 10.7. The quantitative estimate of drug-likeness (QED) is 0.479. The van der Waals surface area contributed by atoms with Crippen LogP contribution < -0.4 is 0 Å². The van der Waals surface area contributed by atoms with E-state index in [0.29, 0.717) is 5.75 Å². The van der Waals surface area contributed by atoms with E-state index < -0.39 is 0 Å². The van der Waals surface area contributed by atoms with Gasteiger partial charge in [0.15, 0.2) is 0 Å². The highest BCUT2D eigenvalue weighted by atomic mass is 35.5. The fourth-order valence-corrected chi connectivity index (χ4v) is 2.95. The monoisotopic (exact) mass is 324 g/mol. The summed E-state index contributed by atoms with van der Waals surface area (Å²) >= 11 is 5.73. The summed E-state index contributed by atoms with van der Waals surface area (Å²) in [4.78, 5) is 0. The van der Waals surface area contributed by atoms with E-state index in [1.54, 1.807) is 0 Å². The van der Waals surface area contributed by atoms with E-state index in [2.05, 4.69) is 53.7 Å². The minimum atomic E-state index is -0.0429. The van der Waals surface area contributed by atoms with Gasteiger partial charge in [-0.25, -0.2) is 0 Å². The minimum Gasteiger partial charge on any atom is -0.507 e. The van der Waals surface area contributed by atoms with E-state index in [9.17, 15) is 5.11 Å². The Balaban J connectivity index is 3.03. The minimum absolute atomic E-state index is 0.0429. The smallest absolute Gasteiger partial charge is 0.123 e. The van der Waals surface area contributed by atoms with Crippen LogP contribution in [0.3, 0.4) is 0 Å². The Kier molecular flexibility index (Phi) is 6.80. The van der Waals surface area contributed by atoms with Crippen molar-refractivity contribution in [3.63, 3.8) is 0 Å². The number of hydrogen-bond acceptors (Lipinski definition) is 1. The molecule has 1 nitrogen and oxygen atoms in total. The van der Waals surface area contributed by atoms with Gasteiger partial charge in [0.2, 0.25) is 0 Å². The molecule has 0 aliphatic heterocycles. The molecule has 2 heteroatoms.